The first-order valence-electron chi connectivity index (χ1n) is 3.89. The lowest BCUT2D eigenvalue weighted by Gasteiger charge is -2.06. The van der Waals surface area contributed by atoms with E-state index in [9.17, 15) is 4.79 Å². The van der Waals surface area contributed by atoms with Crippen molar-refractivity contribution in [1.29, 1.82) is 0 Å². The third-order valence-corrected chi connectivity index (χ3v) is 2.24. The summed E-state index contributed by atoms with van der Waals surface area (Å²) in [5, 5.41) is 2.70. The molecule has 1 amide bonds. The molecular formula is C9H11BrN2O. The van der Waals surface area contributed by atoms with Gasteiger partial charge in [0.25, 0.3) is 0 Å². The van der Waals surface area contributed by atoms with Crippen molar-refractivity contribution in [3.8, 4) is 0 Å². The van der Waals surface area contributed by atoms with E-state index in [0.29, 0.717) is 6.54 Å². The van der Waals surface area contributed by atoms with Crippen molar-refractivity contribution < 1.29 is 4.79 Å². The summed E-state index contributed by atoms with van der Waals surface area (Å²) < 4.78 is 0.852. The van der Waals surface area contributed by atoms with E-state index in [0.717, 1.165) is 15.7 Å². The van der Waals surface area contributed by atoms with Crippen LogP contribution >= 0.6 is 15.9 Å². The van der Waals surface area contributed by atoms with E-state index in [4.69, 9.17) is 5.73 Å². The number of nitrogens with two attached hydrogens (primary N) is 1. The first kappa shape index (κ1) is 10.2. The lowest BCUT2D eigenvalue weighted by atomic mass is 10.2. The topological polar surface area (TPSA) is 55.1 Å². The van der Waals surface area contributed by atoms with Crippen molar-refractivity contribution in [2.45, 2.75) is 13.5 Å². The van der Waals surface area contributed by atoms with Crippen LogP contribution in [0.5, 0.6) is 0 Å². The summed E-state index contributed by atoms with van der Waals surface area (Å²) in [5.41, 5.74) is 7.26. The van der Waals surface area contributed by atoms with Gasteiger partial charge in [0.1, 0.15) is 0 Å². The summed E-state index contributed by atoms with van der Waals surface area (Å²) in [6.45, 7) is 1.97. The number of amides is 1. The molecule has 3 nitrogen and oxygen atoms in total. The van der Waals surface area contributed by atoms with Crippen molar-refractivity contribution in [3.05, 3.63) is 28.2 Å². The summed E-state index contributed by atoms with van der Waals surface area (Å²) in [5.74, 6) is -0.0822. The zero-order chi connectivity index (χ0) is 9.84. The summed E-state index contributed by atoms with van der Waals surface area (Å²) >= 11 is 3.35. The maximum atomic E-state index is 10.8. The minimum atomic E-state index is -0.0822. The molecule has 0 aliphatic heterocycles. The number of carbonyl (C=O) groups excluding carboxylic acids is 1. The molecule has 13 heavy (non-hydrogen) atoms. The second-order valence-corrected chi connectivity index (χ2v) is 3.55. The number of rotatable bonds is 2. The van der Waals surface area contributed by atoms with E-state index in [1.807, 2.05) is 18.2 Å². The quantitative estimate of drug-likeness (QED) is 0.832. The van der Waals surface area contributed by atoms with E-state index in [-0.39, 0.29) is 5.91 Å². The Labute approximate surface area is 85.4 Å². The van der Waals surface area contributed by atoms with Gasteiger partial charge in [-0.3, -0.25) is 4.79 Å². The lowest BCUT2D eigenvalue weighted by Crippen LogP contribution is -2.06. The van der Waals surface area contributed by atoms with Crippen molar-refractivity contribution in [1.82, 2.24) is 0 Å². The van der Waals surface area contributed by atoms with Gasteiger partial charge in [-0.1, -0.05) is 6.07 Å². The molecule has 0 spiro atoms. The highest BCUT2D eigenvalue weighted by molar-refractivity contribution is 9.10. The van der Waals surface area contributed by atoms with Gasteiger partial charge < -0.3 is 11.1 Å². The van der Waals surface area contributed by atoms with E-state index < -0.39 is 0 Å². The van der Waals surface area contributed by atoms with Crippen LogP contribution in [0, 0.1) is 0 Å². The molecule has 70 valence electrons. The van der Waals surface area contributed by atoms with Gasteiger partial charge in [-0.05, 0) is 33.6 Å². The average Bonchev–Trinajstić information content (AvgIpc) is 2.08. The van der Waals surface area contributed by atoms with Crippen LogP contribution in [0.15, 0.2) is 22.7 Å². The number of halogens is 1. The van der Waals surface area contributed by atoms with E-state index in [2.05, 4.69) is 21.2 Å². The molecule has 1 aromatic carbocycles. The standard InChI is InChI=1S/C9H11BrN2O/c1-6(13)12-9-3-2-7(5-11)4-8(9)10/h2-4H,5,11H2,1H3,(H,12,13). The summed E-state index contributed by atoms with van der Waals surface area (Å²) in [4.78, 5) is 10.8. The molecule has 0 radical (unpaired) electrons. The monoisotopic (exact) mass is 242 g/mol. The highest BCUT2D eigenvalue weighted by atomic mass is 79.9. The first-order valence-corrected chi connectivity index (χ1v) is 4.69. The van der Waals surface area contributed by atoms with Crippen molar-refractivity contribution in [2.24, 2.45) is 5.73 Å². The Morgan fingerprint density at radius 3 is 2.77 bits per heavy atom. The first-order chi connectivity index (χ1) is 6.13. The molecule has 3 N–H and O–H groups in total. The Hall–Kier alpha value is -0.870. The minimum Gasteiger partial charge on any atom is -0.326 e. The number of nitrogens with one attached hydrogen (secondary N) is 1. The molecule has 0 fully saturated rings. The molecule has 1 rings (SSSR count). The zero-order valence-electron chi connectivity index (χ0n) is 7.30. The van der Waals surface area contributed by atoms with Crippen molar-refractivity contribution in [2.75, 3.05) is 5.32 Å². The van der Waals surface area contributed by atoms with Crippen LogP contribution < -0.4 is 11.1 Å². The van der Waals surface area contributed by atoms with Crippen LogP contribution in [0.25, 0.3) is 0 Å². The van der Waals surface area contributed by atoms with Gasteiger partial charge in [-0.2, -0.15) is 0 Å². The normalized spacial score (nSPS) is 9.77. The Balaban J connectivity index is 2.91. The number of carbonyl (C=O) groups is 1. The molecule has 0 aromatic heterocycles. The Morgan fingerprint density at radius 2 is 2.31 bits per heavy atom. The van der Waals surface area contributed by atoms with Crippen LogP contribution in [0.4, 0.5) is 5.69 Å². The summed E-state index contributed by atoms with van der Waals surface area (Å²) in [6, 6.07) is 5.61. The van der Waals surface area contributed by atoms with Crippen LogP contribution in [-0.2, 0) is 11.3 Å². The molecule has 0 heterocycles. The fraction of sp³-hybridized carbons (Fsp3) is 0.222. The van der Waals surface area contributed by atoms with E-state index >= 15 is 0 Å². The smallest absolute Gasteiger partial charge is 0.221 e. The van der Waals surface area contributed by atoms with Gasteiger partial charge in [0.05, 0.1) is 5.69 Å². The van der Waals surface area contributed by atoms with Crippen LogP contribution in [0.1, 0.15) is 12.5 Å². The second-order valence-electron chi connectivity index (χ2n) is 2.70. The Bertz CT molecular complexity index is 325. The second kappa shape index (κ2) is 4.39. The predicted molar refractivity (Wildman–Crippen MR) is 56.3 cm³/mol. The third kappa shape index (κ3) is 2.82. The van der Waals surface area contributed by atoms with Crippen molar-refractivity contribution in [3.63, 3.8) is 0 Å². The minimum absolute atomic E-state index is 0.0822. The zero-order valence-corrected chi connectivity index (χ0v) is 8.89. The molecule has 0 bridgehead atoms. The SMILES string of the molecule is CC(=O)Nc1ccc(CN)cc1Br. The van der Waals surface area contributed by atoms with Gasteiger partial charge in [0, 0.05) is 17.9 Å². The van der Waals surface area contributed by atoms with Gasteiger partial charge >= 0.3 is 0 Å². The molecule has 0 atom stereocenters. The maximum Gasteiger partial charge on any atom is 0.221 e. The fourth-order valence-corrected chi connectivity index (χ4v) is 1.50. The maximum absolute atomic E-state index is 10.8. The largest absolute Gasteiger partial charge is 0.326 e. The fourth-order valence-electron chi connectivity index (χ4n) is 0.977. The predicted octanol–water partition coefficient (Wildman–Crippen LogP) is 1.87. The van der Waals surface area contributed by atoms with Gasteiger partial charge in [0.2, 0.25) is 5.91 Å². The number of anilines is 1. The molecule has 0 unspecified atom stereocenters. The lowest BCUT2D eigenvalue weighted by molar-refractivity contribution is -0.114. The highest BCUT2D eigenvalue weighted by Crippen LogP contribution is 2.23. The van der Waals surface area contributed by atoms with Crippen LogP contribution in [-0.4, -0.2) is 5.91 Å². The Morgan fingerprint density at radius 1 is 1.62 bits per heavy atom. The highest BCUT2D eigenvalue weighted by Gasteiger charge is 2.01. The molecule has 1 aromatic rings. The van der Waals surface area contributed by atoms with Crippen molar-refractivity contribution >= 4 is 27.5 Å². The Kier molecular flexibility index (Phi) is 3.45. The number of hydrogen-bond donors (Lipinski definition) is 2. The third-order valence-electron chi connectivity index (χ3n) is 1.58. The molecule has 4 heteroatoms. The summed E-state index contributed by atoms with van der Waals surface area (Å²) in [6.07, 6.45) is 0. The molecule has 0 saturated heterocycles. The summed E-state index contributed by atoms with van der Waals surface area (Å²) in [7, 11) is 0. The molecule has 0 saturated carbocycles. The number of benzene rings is 1. The van der Waals surface area contributed by atoms with Gasteiger partial charge in [-0.25, -0.2) is 0 Å². The van der Waals surface area contributed by atoms with Gasteiger partial charge in [0.15, 0.2) is 0 Å². The van der Waals surface area contributed by atoms with E-state index in [1.165, 1.54) is 6.92 Å². The molecule has 0 aliphatic rings. The van der Waals surface area contributed by atoms with Crippen LogP contribution in [0.2, 0.25) is 0 Å². The average molecular weight is 243 g/mol. The molecule has 0 aliphatic carbocycles. The number of hydrogen-bond acceptors (Lipinski definition) is 2. The van der Waals surface area contributed by atoms with Crippen LogP contribution in [0.3, 0.4) is 0 Å². The molecular weight excluding hydrogens is 232 g/mol. The van der Waals surface area contributed by atoms with E-state index in [1.54, 1.807) is 0 Å². The van der Waals surface area contributed by atoms with Gasteiger partial charge in [-0.15, -0.1) is 0 Å².